The van der Waals surface area contributed by atoms with Crippen LogP contribution >= 0.6 is 15.9 Å². The third kappa shape index (κ3) is 4.02. The molecule has 0 radical (unpaired) electrons. The third-order valence-electron chi connectivity index (χ3n) is 5.35. The minimum Gasteiger partial charge on any atom is -0.413 e. The molecular formula is C19H27BrO3Si. The molecule has 1 saturated heterocycles. The van der Waals surface area contributed by atoms with E-state index in [9.17, 15) is 0 Å². The highest BCUT2D eigenvalue weighted by Crippen LogP contribution is 2.42. The molecular weight excluding hydrogens is 384 g/mol. The van der Waals surface area contributed by atoms with Crippen molar-refractivity contribution in [3.05, 3.63) is 46.0 Å². The molecule has 0 N–H and O–H groups in total. The largest absolute Gasteiger partial charge is 0.413 e. The molecule has 1 heterocycles. The summed E-state index contributed by atoms with van der Waals surface area (Å²) in [4.78, 5) is 0. The van der Waals surface area contributed by atoms with Crippen LogP contribution in [-0.2, 0) is 20.5 Å². The average molecular weight is 411 g/mol. The van der Waals surface area contributed by atoms with Crippen LogP contribution in [0.2, 0.25) is 18.1 Å². The second kappa shape index (κ2) is 6.69. The van der Waals surface area contributed by atoms with Crippen LogP contribution < -0.4 is 0 Å². The minimum absolute atomic E-state index is 0.0525. The Hall–Kier alpha value is -0.463. The van der Waals surface area contributed by atoms with Crippen LogP contribution in [-0.4, -0.2) is 33.2 Å². The molecule has 0 amide bonds. The Balaban J connectivity index is 1.54. The van der Waals surface area contributed by atoms with Crippen LogP contribution in [0.4, 0.5) is 0 Å². The van der Waals surface area contributed by atoms with Crippen LogP contribution in [0.15, 0.2) is 40.4 Å². The lowest BCUT2D eigenvalue weighted by atomic mass is 10.2. The summed E-state index contributed by atoms with van der Waals surface area (Å²) >= 11 is 3.45. The van der Waals surface area contributed by atoms with Crippen molar-refractivity contribution in [3.63, 3.8) is 0 Å². The summed E-state index contributed by atoms with van der Waals surface area (Å²) in [5, 5.41) is 0.230. The predicted octanol–water partition coefficient (Wildman–Crippen LogP) is 5.06. The lowest BCUT2D eigenvalue weighted by molar-refractivity contribution is 0.0518. The van der Waals surface area contributed by atoms with Gasteiger partial charge in [0.05, 0.1) is 13.2 Å². The van der Waals surface area contributed by atoms with E-state index in [4.69, 9.17) is 13.9 Å². The molecule has 3 atom stereocenters. The van der Waals surface area contributed by atoms with Gasteiger partial charge in [0.25, 0.3) is 0 Å². The van der Waals surface area contributed by atoms with Crippen LogP contribution in [0.25, 0.3) is 0 Å². The van der Waals surface area contributed by atoms with E-state index in [0.717, 1.165) is 4.47 Å². The second-order valence-electron chi connectivity index (χ2n) is 8.21. The highest BCUT2D eigenvalue weighted by atomic mass is 79.9. The molecule has 132 valence electrons. The van der Waals surface area contributed by atoms with Gasteiger partial charge < -0.3 is 13.9 Å². The summed E-state index contributed by atoms with van der Waals surface area (Å²) in [6, 6.07) is 8.24. The lowest BCUT2D eigenvalue weighted by Gasteiger charge is -2.36. The predicted molar refractivity (Wildman–Crippen MR) is 103 cm³/mol. The smallest absolute Gasteiger partial charge is 0.192 e. The van der Waals surface area contributed by atoms with Gasteiger partial charge in [0, 0.05) is 4.47 Å². The van der Waals surface area contributed by atoms with Gasteiger partial charge in [-0.2, -0.15) is 0 Å². The first kappa shape index (κ1) is 18.3. The molecule has 3 rings (SSSR count). The number of fused-ring (bicyclic) bond motifs is 1. The summed E-state index contributed by atoms with van der Waals surface area (Å²) in [5.74, 6) is 0. The Labute approximate surface area is 154 Å². The standard InChI is InChI=1S/C19H27BrO3Si/c1-19(2,3)24(4,5)22-12-14-10-16(18-17(14)23-18)21-11-13-6-8-15(20)9-7-13/h6-10,16-18H,11-12H2,1-5H3/t16-,17-,18+/m0/s1. The summed E-state index contributed by atoms with van der Waals surface area (Å²) < 4.78 is 19.2. The van der Waals surface area contributed by atoms with Crippen molar-refractivity contribution in [2.24, 2.45) is 0 Å². The first-order valence-electron chi connectivity index (χ1n) is 8.53. The fourth-order valence-electron chi connectivity index (χ4n) is 2.60. The topological polar surface area (TPSA) is 31.0 Å². The van der Waals surface area contributed by atoms with E-state index in [1.165, 1.54) is 11.1 Å². The summed E-state index contributed by atoms with van der Waals surface area (Å²) in [6.07, 6.45) is 2.67. The Morgan fingerprint density at radius 2 is 1.79 bits per heavy atom. The Kier molecular flexibility index (Phi) is 5.11. The molecule has 1 aromatic rings. The zero-order chi connectivity index (χ0) is 17.5. The molecule has 1 aliphatic carbocycles. The zero-order valence-corrected chi connectivity index (χ0v) is 17.7. The SMILES string of the molecule is CC(C)(C)[Si](C)(C)OCC1=C[C@H](OCc2ccc(Br)cc2)[C@H]2O[C@@H]12. The molecule has 0 spiro atoms. The van der Waals surface area contributed by atoms with E-state index in [1.807, 2.05) is 12.1 Å². The van der Waals surface area contributed by atoms with Gasteiger partial charge in [0.2, 0.25) is 0 Å². The number of rotatable bonds is 6. The van der Waals surface area contributed by atoms with Gasteiger partial charge in [0.1, 0.15) is 18.3 Å². The maximum absolute atomic E-state index is 6.33. The highest BCUT2D eigenvalue weighted by Gasteiger charge is 2.52. The van der Waals surface area contributed by atoms with Gasteiger partial charge in [-0.1, -0.05) is 48.8 Å². The van der Waals surface area contributed by atoms with Crippen molar-refractivity contribution >= 4 is 24.2 Å². The number of hydrogen-bond donors (Lipinski definition) is 0. The van der Waals surface area contributed by atoms with E-state index in [1.54, 1.807) is 0 Å². The molecule has 0 unspecified atom stereocenters. The molecule has 24 heavy (non-hydrogen) atoms. The van der Waals surface area contributed by atoms with E-state index < -0.39 is 8.32 Å². The van der Waals surface area contributed by atoms with Crippen LogP contribution in [0.3, 0.4) is 0 Å². The maximum Gasteiger partial charge on any atom is 0.192 e. The number of ether oxygens (including phenoxy) is 2. The molecule has 2 aliphatic rings. The molecule has 0 bridgehead atoms. The number of hydrogen-bond acceptors (Lipinski definition) is 3. The molecule has 1 fully saturated rings. The van der Waals surface area contributed by atoms with Gasteiger partial charge in [-0.3, -0.25) is 0 Å². The zero-order valence-electron chi connectivity index (χ0n) is 15.1. The van der Waals surface area contributed by atoms with E-state index >= 15 is 0 Å². The van der Waals surface area contributed by atoms with Crippen LogP contribution in [0.5, 0.6) is 0 Å². The number of epoxide rings is 1. The molecule has 1 aromatic carbocycles. The van der Waals surface area contributed by atoms with Gasteiger partial charge in [-0.15, -0.1) is 0 Å². The van der Waals surface area contributed by atoms with Gasteiger partial charge in [-0.05, 0) is 47.5 Å². The molecule has 0 aromatic heterocycles. The molecule has 3 nitrogen and oxygen atoms in total. The van der Waals surface area contributed by atoms with Crippen LogP contribution in [0.1, 0.15) is 26.3 Å². The Bertz CT molecular complexity index is 618. The number of halogens is 1. The minimum atomic E-state index is -1.72. The van der Waals surface area contributed by atoms with Crippen molar-refractivity contribution in [2.75, 3.05) is 6.61 Å². The van der Waals surface area contributed by atoms with Gasteiger partial charge in [-0.25, -0.2) is 0 Å². The molecule has 5 heteroatoms. The summed E-state index contributed by atoms with van der Waals surface area (Å²) in [5.41, 5.74) is 2.43. The number of benzene rings is 1. The molecule has 1 aliphatic heterocycles. The quantitative estimate of drug-likeness (QED) is 0.372. The van der Waals surface area contributed by atoms with Gasteiger partial charge >= 0.3 is 0 Å². The van der Waals surface area contributed by atoms with Crippen molar-refractivity contribution in [3.8, 4) is 0 Å². The normalized spacial score (nSPS) is 26.2. The van der Waals surface area contributed by atoms with Crippen molar-refractivity contribution in [1.82, 2.24) is 0 Å². The van der Waals surface area contributed by atoms with E-state index in [2.05, 4.69) is 68.0 Å². The molecule has 0 saturated carbocycles. The summed E-state index contributed by atoms with van der Waals surface area (Å²) in [7, 11) is -1.72. The lowest BCUT2D eigenvalue weighted by Crippen LogP contribution is -2.41. The Morgan fingerprint density at radius 3 is 2.42 bits per heavy atom. The Morgan fingerprint density at radius 1 is 1.12 bits per heavy atom. The first-order chi connectivity index (χ1) is 11.2. The van der Waals surface area contributed by atoms with Crippen molar-refractivity contribution in [1.29, 1.82) is 0 Å². The van der Waals surface area contributed by atoms with Gasteiger partial charge in [0.15, 0.2) is 8.32 Å². The monoisotopic (exact) mass is 410 g/mol. The summed E-state index contributed by atoms with van der Waals surface area (Å²) in [6.45, 7) is 12.7. The fraction of sp³-hybridized carbons (Fsp3) is 0.579. The highest BCUT2D eigenvalue weighted by molar-refractivity contribution is 9.10. The van der Waals surface area contributed by atoms with E-state index in [-0.39, 0.29) is 23.4 Å². The fourth-order valence-corrected chi connectivity index (χ4v) is 3.82. The van der Waals surface area contributed by atoms with Crippen molar-refractivity contribution < 1.29 is 13.9 Å². The van der Waals surface area contributed by atoms with Crippen molar-refractivity contribution in [2.45, 2.75) is 63.8 Å². The third-order valence-corrected chi connectivity index (χ3v) is 10.4. The first-order valence-corrected chi connectivity index (χ1v) is 12.2. The maximum atomic E-state index is 6.33. The van der Waals surface area contributed by atoms with E-state index in [0.29, 0.717) is 13.2 Å². The van der Waals surface area contributed by atoms with Crippen LogP contribution in [0, 0.1) is 0 Å². The second-order valence-corrected chi connectivity index (χ2v) is 13.9. The average Bonchev–Trinajstić information content (AvgIpc) is 3.21.